The van der Waals surface area contributed by atoms with Crippen molar-refractivity contribution in [3.63, 3.8) is 0 Å². The highest BCUT2D eigenvalue weighted by Crippen LogP contribution is 2.21. The maximum Gasteiger partial charge on any atom is 0.222 e. The van der Waals surface area contributed by atoms with Crippen LogP contribution in [0.2, 0.25) is 0 Å². The van der Waals surface area contributed by atoms with Gasteiger partial charge < -0.3 is 14.3 Å². The summed E-state index contributed by atoms with van der Waals surface area (Å²) < 4.78 is 5.15. The highest BCUT2D eigenvalue weighted by molar-refractivity contribution is 5.75. The summed E-state index contributed by atoms with van der Waals surface area (Å²) in [5.41, 5.74) is 1.91. The lowest BCUT2D eigenvalue weighted by atomic mass is 9.93. The smallest absolute Gasteiger partial charge is 0.222 e. The van der Waals surface area contributed by atoms with Gasteiger partial charge in [0.1, 0.15) is 5.76 Å². The van der Waals surface area contributed by atoms with Gasteiger partial charge >= 0.3 is 0 Å². The molecule has 0 aromatic carbocycles. The first kappa shape index (κ1) is 16.0. The maximum absolute atomic E-state index is 12.3. The number of nitrogens with zero attached hydrogens (tertiary/aromatic N) is 3. The van der Waals surface area contributed by atoms with E-state index in [4.69, 9.17) is 4.52 Å². The van der Waals surface area contributed by atoms with E-state index in [1.165, 1.54) is 19.4 Å². The molecule has 1 aliphatic heterocycles. The van der Waals surface area contributed by atoms with Crippen molar-refractivity contribution >= 4 is 5.91 Å². The van der Waals surface area contributed by atoms with Crippen molar-refractivity contribution in [3.8, 4) is 0 Å². The first-order valence-electron chi connectivity index (χ1n) is 7.81. The quantitative estimate of drug-likeness (QED) is 0.836. The molecule has 1 aliphatic rings. The Morgan fingerprint density at radius 2 is 2.24 bits per heavy atom. The standard InChI is InChI=1S/C16H27N3O2/c1-12-15(13(2)21-17-12)11-19(4)16(20)8-7-14-6-5-9-18(3)10-14/h14H,5-11H2,1-4H3. The number of aromatic nitrogens is 1. The number of rotatable bonds is 5. The van der Waals surface area contributed by atoms with Gasteiger partial charge in [-0.25, -0.2) is 0 Å². The average Bonchev–Trinajstić information content (AvgIpc) is 2.76. The Morgan fingerprint density at radius 1 is 1.48 bits per heavy atom. The molecule has 0 saturated carbocycles. The predicted molar refractivity (Wildman–Crippen MR) is 81.9 cm³/mol. The van der Waals surface area contributed by atoms with Gasteiger partial charge in [0, 0.05) is 25.6 Å². The molecule has 1 saturated heterocycles. The van der Waals surface area contributed by atoms with E-state index in [9.17, 15) is 4.79 Å². The fourth-order valence-electron chi connectivity index (χ4n) is 3.08. The molecule has 0 N–H and O–H groups in total. The molecular formula is C16H27N3O2. The molecule has 1 atom stereocenters. The second kappa shape index (κ2) is 7.07. The van der Waals surface area contributed by atoms with E-state index in [0.717, 1.165) is 30.0 Å². The molecule has 118 valence electrons. The summed E-state index contributed by atoms with van der Waals surface area (Å²) in [6.45, 7) is 6.72. The Kier molecular flexibility index (Phi) is 5.39. The number of hydrogen-bond acceptors (Lipinski definition) is 4. The SMILES string of the molecule is Cc1noc(C)c1CN(C)C(=O)CCC1CCCN(C)C1. The zero-order valence-corrected chi connectivity index (χ0v) is 13.7. The second-order valence-electron chi connectivity index (χ2n) is 6.36. The average molecular weight is 293 g/mol. The largest absolute Gasteiger partial charge is 0.361 e. The lowest BCUT2D eigenvalue weighted by molar-refractivity contribution is -0.130. The first-order valence-corrected chi connectivity index (χ1v) is 7.81. The molecule has 5 nitrogen and oxygen atoms in total. The van der Waals surface area contributed by atoms with E-state index in [0.29, 0.717) is 18.9 Å². The minimum Gasteiger partial charge on any atom is -0.361 e. The van der Waals surface area contributed by atoms with Crippen LogP contribution < -0.4 is 0 Å². The van der Waals surface area contributed by atoms with E-state index in [2.05, 4.69) is 17.1 Å². The number of piperidine rings is 1. The molecule has 1 unspecified atom stereocenters. The van der Waals surface area contributed by atoms with E-state index in [1.54, 1.807) is 4.90 Å². The van der Waals surface area contributed by atoms with Crippen molar-refractivity contribution in [2.24, 2.45) is 5.92 Å². The van der Waals surface area contributed by atoms with E-state index in [1.807, 2.05) is 20.9 Å². The number of amides is 1. The summed E-state index contributed by atoms with van der Waals surface area (Å²) in [7, 11) is 4.03. The van der Waals surface area contributed by atoms with Gasteiger partial charge in [-0.15, -0.1) is 0 Å². The van der Waals surface area contributed by atoms with Crippen LogP contribution in [0.15, 0.2) is 4.52 Å². The monoisotopic (exact) mass is 293 g/mol. The van der Waals surface area contributed by atoms with Gasteiger partial charge in [0.15, 0.2) is 0 Å². The Morgan fingerprint density at radius 3 is 2.86 bits per heavy atom. The van der Waals surface area contributed by atoms with Crippen LogP contribution in [0.25, 0.3) is 0 Å². The molecular weight excluding hydrogens is 266 g/mol. The van der Waals surface area contributed by atoms with Crippen LogP contribution in [0.4, 0.5) is 0 Å². The van der Waals surface area contributed by atoms with Crippen molar-refractivity contribution in [3.05, 3.63) is 17.0 Å². The Balaban J connectivity index is 1.80. The summed E-state index contributed by atoms with van der Waals surface area (Å²) in [5, 5.41) is 3.94. The van der Waals surface area contributed by atoms with Crippen molar-refractivity contribution in [1.82, 2.24) is 15.0 Å². The lowest BCUT2D eigenvalue weighted by Crippen LogP contribution is -2.33. The Hall–Kier alpha value is -1.36. The molecule has 2 rings (SSSR count). The summed E-state index contributed by atoms with van der Waals surface area (Å²) in [4.78, 5) is 16.4. The number of carbonyl (C=O) groups is 1. The summed E-state index contributed by atoms with van der Waals surface area (Å²) in [6.07, 6.45) is 4.14. The third-order valence-corrected chi connectivity index (χ3v) is 4.49. The third-order valence-electron chi connectivity index (χ3n) is 4.49. The van der Waals surface area contributed by atoms with Gasteiger partial charge in [-0.05, 0) is 52.6 Å². The molecule has 0 aliphatic carbocycles. The molecule has 2 heterocycles. The number of likely N-dealkylation sites (tertiary alicyclic amines) is 1. The summed E-state index contributed by atoms with van der Waals surface area (Å²) in [6, 6.07) is 0. The minimum atomic E-state index is 0.211. The van der Waals surface area contributed by atoms with Crippen molar-refractivity contribution in [2.75, 3.05) is 27.2 Å². The molecule has 0 bridgehead atoms. The minimum absolute atomic E-state index is 0.211. The Labute approximate surface area is 127 Å². The van der Waals surface area contributed by atoms with Crippen LogP contribution in [-0.4, -0.2) is 48.0 Å². The van der Waals surface area contributed by atoms with Gasteiger partial charge in [0.05, 0.1) is 12.2 Å². The number of aryl methyl sites for hydroxylation is 2. The maximum atomic E-state index is 12.3. The number of carbonyl (C=O) groups excluding carboxylic acids is 1. The van der Waals surface area contributed by atoms with Crippen LogP contribution >= 0.6 is 0 Å². The predicted octanol–water partition coefficient (Wildman–Crippen LogP) is 2.37. The van der Waals surface area contributed by atoms with Crippen LogP contribution in [-0.2, 0) is 11.3 Å². The normalized spacial score (nSPS) is 19.7. The van der Waals surface area contributed by atoms with Crippen LogP contribution in [0.5, 0.6) is 0 Å². The topological polar surface area (TPSA) is 49.6 Å². The van der Waals surface area contributed by atoms with Crippen molar-refractivity contribution in [1.29, 1.82) is 0 Å². The second-order valence-corrected chi connectivity index (χ2v) is 6.36. The van der Waals surface area contributed by atoms with Gasteiger partial charge in [-0.1, -0.05) is 5.16 Å². The van der Waals surface area contributed by atoms with E-state index >= 15 is 0 Å². The molecule has 0 radical (unpaired) electrons. The molecule has 1 aromatic rings. The highest BCUT2D eigenvalue weighted by atomic mass is 16.5. The summed E-state index contributed by atoms with van der Waals surface area (Å²) in [5.74, 6) is 1.68. The third kappa shape index (κ3) is 4.30. The molecule has 21 heavy (non-hydrogen) atoms. The van der Waals surface area contributed by atoms with Crippen molar-refractivity contribution in [2.45, 2.75) is 46.1 Å². The lowest BCUT2D eigenvalue weighted by Gasteiger charge is -2.29. The van der Waals surface area contributed by atoms with Gasteiger partial charge in [-0.3, -0.25) is 4.79 Å². The molecule has 1 amide bonds. The van der Waals surface area contributed by atoms with Crippen LogP contribution in [0, 0.1) is 19.8 Å². The molecule has 5 heteroatoms. The zero-order valence-electron chi connectivity index (χ0n) is 13.7. The zero-order chi connectivity index (χ0) is 15.4. The molecule has 1 aromatic heterocycles. The summed E-state index contributed by atoms with van der Waals surface area (Å²) >= 11 is 0. The number of hydrogen-bond donors (Lipinski definition) is 0. The fraction of sp³-hybridized carbons (Fsp3) is 0.750. The highest BCUT2D eigenvalue weighted by Gasteiger charge is 2.20. The first-order chi connectivity index (χ1) is 9.97. The fourth-order valence-corrected chi connectivity index (χ4v) is 3.08. The molecule has 1 fully saturated rings. The van der Waals surface area contributed by atoms with Crippen LogP contribution in [0.1, 0.15) is 42.7 Å². The van der Waals surface area contributed by atoms with E-state index in [-0.39, 0.29) is 5.91 Å². The Bertz CT molecular complexity index is 464. The van der Waals surface area contributed by atoms with Crippen LogP contribution in [0.3, 0.4) is 0 Å². The van der Waals surface area contributed by atoms with Gasteiger partial charge in [-0.2, -0.15) is 0 Å². The van der Waals surface area contributed by atoms with Gasteiger partial charge in [0.25, 0.3) is 0 Å². The van der Waals surface area contributed by atoms with Crippen molar-refractivity contribution < 1.29 is 9.32 Å². The van der Waals surface area contributed by atoms with E-state index < -0.39 is 0 Å². The van der Waals surface area contributed by atoms with Gasteiger partial charge in [0.2, 0.25) is 5.91 Å². The molecule has 0 spiro atoms.